The van der Waals surface area contributed by atoms with Crippen molar-refractivity contribution in [3.05, 3.63) is 34.4 Å². The van der Waals surface area contributed by atoms with E-state index in [2.05, 4.69) is 22.1 Å². The van der Waals surface area contributed by atoms with Crippen LogP contribution in [0.4, 0.5) is 4.39 Å². The average Bonchev–Trinajstić information content (AvgIpc) is 2.64. The fourth-order valence-electron chi connectivity index (χ4n) is 3.15. The number of hydrogen-bond acceptors (Lipinski definition) is 4. The minimum Gasteiger partial charge on any atom is -0.512 e. The van der Waals surface area contributed by atoms with Gasteiger partial charge >= 0.3 is 0 Å². The Labute approximate surface area is 109 Å². The Morgan fingerprint density at radius 1 is 1.16 bits per heavy atom. The number of aliphatic hydroxyl groups excluding tert-OH is 1. The lowest BCUT2D eigenvalue weighted by molar-refractivity contribution is 0.401. The van der Waals surface area contributed by atoms with E-state index in [0.717, 1.165) is 41.1 Å². The molecule has 5 heteroatoms. The number of rotatable bonds is 0. The van der Waals surface area contributed by atoms with Gasteiger partial charge in [0.05, 0.1) is 22.8 Å². The minimum absolute atomic E-state index is 0.124. The van der Waals surface area contributed by atoms with E-state index >= 15 is 0 Å². The maximum absolute atomic E-state index is 14.0. The molecule has 1 unspecified atom stereocenters. The molecule has 96 valence electrons. The second kappa shape index (κ2) is 3.50. The maximum atomic E-state index is 14.0. The first-order chi connectivity index (χ1) is 9.13. The van der Waals surface area contributed by atoms with Crippen LogP contribution in [0.1, 0.15) is 29.6 Å². The van der Waals surface area contributed by atoms with Crippen LogP contribution < -0.4 is 0 Å². The smallest absolute Gasteiger partial charge is 0.241 e. The largest absolute Gasteiger partial charge is 0.512 e. The Morgan fingerprint density at radius 2 is 1.95 bits per heavy atom. The molecule has 0 saturated heterocycles. The quantitative estimate of drug-likeness (QED) is 0.786. The van der Waals surface area contributed by atoms with Gasteiger partial charge in [-0.3, -0.25) is 4.98 Å². The lowest BCUT2D eigenvalue weighted by Crippen LogP contribution is -2.12. The Morgan fingerprint density at radius 3 is 2.79 bits per heavy atom. The lowest BCUT2D eigenvalue weighted by atomic mass is 9.85. The summed E-state index contributed by atoms with van der Waals surface area (Å²) in [6.07, 6.45) is 3.47. The summed E-state index contributed by atoms with van der Waals surface area (Å²) in [4.78, 5) is 4.58. The van der Waals surface area contributed by atoms with Crippen LogP contribution in [-0.2, 0) is 19.3 Å². The van der Waals surface area contributed by atoms with Crippen molar-refractivity contribution in [2.24, 2.45) is 5.92 Å². The summed E-state index contributed by atoms with van der Waals surface area (Å²) in [5.41, 5.74) is 4.59. The van der Waals surface area contributed by atoms with Crippen molar-refractivity contribution < 1.29 is 9.50 Å². The molecule has 2 heterocycles. The fourth-order valence-corrected chi connectivity index (χ4v) is 3.15. The molecule has 4 nitrogen and oxygen atoms in total. The maximum Gasteiger partial charge on any atom is 0.241 e. The lowest BCUT2D eigenvalue weighted by Gasteiger charge is -2.17. The van der Waals surface area contributed by atoms with Crippen molar-refractivity contribution in [2.75, 3.05) is 0 Å². The monoisotopic (exact) mass is 257 g/mol. The Kier molecular flexibility index (Phi) is 2.00. The molecule has 0 aromatic heterocycles. The van der Waals surface area contributed by atoms with E-state index in [4.69, 9.17) is 0 Å². The van der Waals surface area contributed by atoms with Crippen molar-refractivity contribution in [1.29, 1.82) is 0 Å². The summed E-state index contributed by atoms with van der Waals surface area (Å²) in [6.45, 7) is 2.13. The first-order valence-corrected chi connectivity index (χ1v) is 6.39. The highest BCUT2D eigenvalue weighted by Crippen LogP contribution is 2.42. The van der Waals surface area contributed by atoms with E-state index in [1.54, 1.807) is 0 Å². The molecule has 1 atom stereocenters. The fraction of sp³-hybridized carbons (Fsp3) is 0.357. The van der Waals surface area contributed by atoms with Crippen LogP contribution in [0.15, 0.2) is 5.76 Å². The third-order valence-electron chi connectivity index (χ3n) is 3.88. The van der Waals surface area contributed by atoms with Crippen LogP contribution in [0.5, 0.6) is 0 Å². The number of halogens is 1. The van der Waals surface area contributed by atoms with Gasteiger partial charge < -0.3 is 5.11 Å². The van der Waals surface area contributed by atoms with E-state index in [1.807, 2.05) is 0 Å². The van der Waals surface area contributed by atoms with Gasteiger partial charge in [0.25, 0.3) is 0 Å². The molecular weight excluding hydrogens is 245 g/mol. The van der Waals surface area contributed by atoms with Crippen molar-refractivity contribution in [1.82, 2.24) is 15.2 Å². The minimum atomic E-state index is -0.641. The Hall–Kier alpha value is -2.04. The van der Waals surface area contributed by atoms with Gasteiger partial charge in [0.1, 0.15) is 0 Å². The van der Waals surface area contributed by atoms with E-state index in [9.17, 15) is 9.50 Å². The van der Waals surface area contributed by atoms with Gasteiger partial charge in [-0.25, -0.2) is 0 Å². The second-order valence-electron chi connectivity index (χ2n) is 5.43. The van der Waals surface area contributed by atoms with Gasteiger partial charge in [0.2, 0.25) is 5.95 Å². The van der Waals surface area contributed by atoms with Crippen molar-refractivity contribution in [3.63, 3.8) is 0 Å². The van der Waals surface area contributed by atoms with Gasteiger partial charge in [-0.05, 0) is 24.8 Å². The van der Waals surface area contributed by atoms with Crippen LogP contribution in [0.3, 0.4) is 0 Å². The highest BCUT2D eigenvalue weighted by molar-refractivity contribution is 5.84. The third kappa shape index (κ3) is 1.41. The molecule has 0 fully saturated rings. The van der Waals surface area contributed by atoms with Crippen LogP contribution in [0.25, 0.3) is 17.2 Å². The third-order valence-corrected chi connectivity index (χ3v) is 3.88. The van der Waals surface area contributed by atoms with E-state index < -0.39 is 5.95 Å². The molecule has 1 N–H and O–H groups in total. The molecule has 0 radical (unpaired) electrons. The summed E-state index contributed by atoms with van der Waals surface area (Å²) in [6, 6.07) is 0. The molecule has 0 aromatic rings. The van der Waals surface area contributed by atoms with Crippen molar-refractivity contribution in [3.8, 4) is 11.1 Å². The summed E-state index contributed by atoms with van der Waals surface area (Å²) >= 11 is 0. The molecule has 0 bridgehead atoms. The second-order valence-corrected chi connectivity index (χ2v) is 5.43. The molecule has 0 amide bonds. The number of aromatic nitrogens is 3. The Bertz CT molecular complexity index is 711. The molecule has 4 rings (SSSR count). The molecule has 2 aliphatic carbocycles. The molecule has 0 saturated carbocycles. The zero-order valence-corrected chi connectivity index (χ0v) is 10.4. The zero-order chi connectivity index (χ0) is 13.1. The Balaban J connectivity index is 2.12. The average molecular weight is 257 g/mol. The number of aliphatic hydroxyl groups is 1. The van der Waals surface area contributed by atoms with Gasteiger partial charge in [0, 0.05) is 23.1 Å². The molecule has 0 aromatic carbocycles. The predicted octanol–water partition coefficient (Wildman–Crippen LogP) is 2.31. The summed E-state index contributed by atoms with van der Waals surface area (Å²) < 4.78 is 14.0. The van der Waals surface area contributed by atoms with Crippen molar-refractivity contribution in [2.45, 2.75) is 26.2 Å². The SMILES string of the molecule is CC1Cc2nnc(F)c3c4c(nc(c2-4)C1)CC(O)=C3. The first kappa shape index (κ1) is 10.8. The highest BCUT2D eigenvalue weighted by atomic mass is 19.1. The first-order valence-electron chi connectivity index (χ1n) is 6.39. The van der Waals surface area contributed by atoms with E-state index in [-0.39, 0.29) is 5.76 Å². The molecule has 19 heavy (non-hydrogen) atoms. The van der Waals surface area contributed by atoms with E-state index in [0.29, 0.717) is 17.9 Å². The highest BCUT2D eigenvalue weighted by Gasteiger charge is 2.32. The molecular formula is C14H12FN3O. The van der Waals surface area contributed by atoms with E-state index in [1.165, 1.54) is 6.08 Å². The summed E-state index contributed by atoms with van der Waals surface area (Å²) in [5, 5.41) is 17.4. The van der Waals surface area contributed by atoms with Gasteiger partial charge in [-0.1, -0.05) is 6.92 Å². The summed E-state index contributed by atoms with van der Waals surface area (Å²) in [5.74, 6) is -0.0829. The molecule has 0 spiro atoms. The van der Waals surface area contributed by atoms with Crippen LogP contribution >= 0.6 is 0 Å². The van der Waals surface area contributed by atoms with Crippen LogP contribution in [-0.4, -0.2) is 20.3 Å². The summed E-state index contributed by atoms with van der Waals surface area (Å²) in [7, 11) is 0. The number of allylic oxidation sites excluding steroid dienone is 1. The normalized spacial score (nSPS) is 20.5. The van der Waals surface area contributed by atoms with Crippen LogP contribution in [0, 0.1) is 11.9 Å². The van der Waals surface area contributed by atoms with Gasteiger partial charge in [-0.2, -0.15) is 9.49 Å². The topological polar surface area (TPSA) is 58.9 Å². The standard InChI is InChI=1S/C14H12FN3O/c1-6-2-9-13-11(3-6)17-18-14(15)8-4-7(19)5-10(16-9)12(8)13/h4,6,19H,2-3,5H2,1H3. The van der Waals surface area contributed by atoms with Crippen molar-refractivity contribution >= 4 is 6.08 Å². The van der Waals surface area contributed by atoms with Gasteiger partial charge in [0.15, 0.2) is 0 Å². The van der Waals surface area contributed by atoms with Crippen LogP contribution in [0.2, 0.25) is 0 Å². The van der Waals surface area contributed by atoms with Gasteiger partial charge in [-0.15, -0.1) is 5.10 Å². The number of hydrogen-bond donors (Lipinski definition) is 1. The predicted molar refractivity (Wildman–Crippen MR) is 67.3 cm³/mol. The molecule has 4 aliphatic rings. The number of nitrogens with zero attached hydrogens (tertiary/aromatic N) is 3. The molecule has 2 aliphatic heterocycles. The zero-order valence-electron chi connectivity index (χ0n) is 10.4.